The fourth-order valence-electron chi connectivity index (χ4n) is 0.758. The predicted molar refractivity (Wildman–Crippen MR) is 33.6 cm³/mol. The van der Waals surface area contributed by atoms with Gasteiger partial charge in [-0.25, -0.2) is 10.2 Å². The highest BCUT2D eigenvalue weighted by Gasteiger charge is 1.93. The van der Waals surface area contributed by atoms with E-state index in [0.29, 0.717) is 5.65 Å². The van der Waals surface area contributed by atoms with E-state index in [1.54, 1.807) is 0 Å². The van der Waals surface area contributed by atoms with Crippen LogP contribution in [0.5, 0.6) is 0 Å². The van der Waals surface area contributed by atoms with Crippen LogP contribution in [0.4, 0.5) is 0 Å². The Kier molecular flexibility index (Phi) is 0.858. The summed E-state index contributed by atoms with van der Waals surface area (Å²) in [6.07, 6.45) is 2.94. The quantitative estimate of drug-likeness (QED) is 0.526. The lowest BCUT2D eigenvalue weighted by Gasteiger charge is -1.84. The molecular formula is C5H4N4O. The predicted octanol–water partition coefficient (Wildman–Crippen LogP) is -0.582. The first-order valence-electron chi connectivity index (χ1n) is 2.75. The summed E-state index contributed by atoms with van der Waals surface area (Å²) in [6.45, 7) is 0. The number of H-pyrrole nitrogens is 1. The largest absolute Gasteiger partial charge is 0.273 e. The lowest BCUT2D eigenvalue weighted by atomic mass is 10.6. The van der Waals surface area contributed by atoms with Crippen LogP contribution in [0.1, 0.15) is 0 Å². The van der Waals surface area contributed by atoms with Gasteiger partial charge in [0.15, 0.2) is 5.65 Å². The van der Waals surface area contributed by atoms with Crippen molar-refractivity contribution in [1.29, 1.82) is 0 Å². The van der Waals surface area contributed by atoms with Gasteiger partial charge in [0, 0.05) is 12.3 Å². The van der Waals surface area contributed by atoms with Crippen molar-refractivity contribution in [2.24, 2.45) is 0 Å². The van der Waals surface area contributed by atoms with Crippen LogP contribution in [0.2, 0.25) is 0 Å². The van der Waals surface area contributed by atoms with Gasteiger partial charge in [0.05, 0.1) is 6.20 Å². The monoisotopic (exact) mass is 136 g/mol. The molecule has 0 bridgehead atoms. The molecule has 2 aromatic rings. The van der Waals surface area contributed by atoms with E-state index >= 15 is 0 Å². The van der Waals surface area contributed by atoms with Gasteiger partial charge in [-0.3, -0.25) is 4.79 Å². The molecule has 5 heteroatoms. The number of nitrogens with zero attached hydrogens (tertiary/aromatic N) is 3. The fraction of sp³-hybridized carbons (Fsp3) is 0. The Morgan fingerprint density at radius 3 is 3.30 bits per heavy atom. The average molecular weight is 136 g/mol. The van der Waals surface area contributed by atoms with Crippen LogP contribution in [0.3, 0.4) is 0 Å². The first-order chi connectivity index (χ1) is 4.88. The second kappa shape index (κ2) is 1.66. The van der Waals surface area contributed by atoms with Crippen LogP contribution in [0.25, 0.3) is 5.65 Å². The Labute approximate surface area is 55.3 Å². The highest BCUT2D eigenvalue weighted by atomic mass is 16.1. The van der Waals surface area contributed by atoms with E-state index in [1.165, 1.54) is 23.0 Å². The molecule has 0 aromatic carbocycles. The van der Waals surface area contributed by atoms with E-state index in [1.807, 2.05) is 0 Å². The van der Waals surface area contributed by atoms with Crippen LogP contribution < -0.4 is 5.56 Å². The Bertz CT molecular complexity index is 401. The number of nitrogens with one attached hydrogen (secondary N) is 1. The summed E-state index contributed by atoms with van der Waals surface area (Å²) in [4.78, 5) is 14.8. The van der Waals surface area contributed by atoms with Crippen molar-refractivity contribution in [2.75, 3.05) is 0 Å². The SMILES string of the molecule is O=c1ccnc2cn[nH]n12. The van der Waals surface area contributed by atoms with E-state index in [4.69, 9.17) is 0 Å². The molecule has 0 saturated carbocycles. The third-order valence-electron chi connectivity index (χ3n) is 1.21. The second-order valence-electron chi connectivity index (χ2n) is 1.83. The van der Waals surface area contributed by atoms with Crippen LogP contribution in [0, 0.1) is 0 Å². The second-order valence-corrected chi connectivity index (χ2v) is 1.83. The van der Waals surface area contributed by atoms with E-state index in [-0.39, 0.29) is 5.56 Å². The Balaban J connectivity index is 3.09. The summed E-state index contributed by atoms with van der Waals surface area (Å²) in [7, 11) is 0. The molecule has 2 heterocycles. The molecule has 0 spiro atoms. The minimum atomic E-state index is -0.150. The molecule has 0 atom stereocenters. The summed E-state index contributed by atoms with van der Waals surface area (Å²) in [5, 5.41) is 6.12. The summed E-state index contributed by atoms with van der Waals surface area (Å²) in [5.74, 6) is 0. The van der Waals surface area contributed by atoms with Crippen LogP contribution in [0.15, 0.2) is 23.3 Å². The highest BCUT2D eigenvalue weighted by molar-refractivity contribution is 5.30. The van der Waals surface area contributed by atoms with Gasteiger partial charge < -0.3 is 0 Å². The van der Waals surface area contributed by atoms with Crippen molar-refractivity contribution in [2.45, 2.75) is 0 Å². The van der Waals surface area contributed by atoms with Crippen molar-refractivity contribution < 1.29 is 0 Å². The zero-order valence-corrected chi connectivity index (χ0v) is 4.98. The maximum absolute atomic E-state index is 10.9. The van der Waals surface area contributed by atoms with Crippen LogP contribution in [-0.4, -0.2) is 19.8 Å². The Hall–Kier alpha value is -1.65. The number of aromatic nitrogens is 4. The molecule has 0 saturated heterocycles. The molecule has 0 aliphatic rings. The number of hydrogen-bond acceptors (Lipinski definition) is 3. The highest BCUT2D eigenvalue weighted by Crippen LogP contribution is 1.85. The topological polar surface area (TPSA) is 63.0 Å². The summed E-state index contributed by atoms with van der Waals surface area (Å²) < 4.78 is 1.26. The van der Waals surface area contributed by atoms with Crippen molar-refractivity contribution in [3.63, 3.8) is 0 Å². The van der Waals surface area contributed by atoms with Crippen molar-refractivity contribution >= 4 is 5.65 Å². The van der Waals surface area contributed by atoms with Crippen LogP contribution >= 0.6 is 0 Å². The van der Waals surface area contributed by atoms with Gasteiger partial charge in [0.2, 0.25) is 0 Å². The molecule has 0 fully saturated rings. The smallest absolute Gasteiger partial charge is 0.267 e. The molecule has 0 unspecified atom stereocenters. The standard InChI is InChI=1S/C5H4N4O/c10-5-1-2-6-4-3-7-8-9(4)5/h1-3,8H. The Morgan fingerprint density at radius 2 is 2.50 bits per heavy atom. The molecule has 2 aromatic heterocycles. The minimum Gasteiger partial charge on any atom is -0.267 e. The average Bonchev–Trinajstić information content (AvgIpc) is 2.36. The number of aromatic amines is 1. The molecule has 0 amide bonds. The van der Waals surface area contributed by atoms with E-state index in [0.717, 1.165) is 0 Å². The first-order valence-corrected chi connectivity index (χ1v) is 2.75. The summed E-state index contributed by atoms with van der Waals surface area (Å²) in [5.41, 5.74) is 0.384. The lowest BCUT2D eigenvalue weighted by Crippen LogP contribution is -2.12. The van der Waals surface area contributed by atoms with Gasteiger partial charge >= 0.3 is 0 Å². The maximum atomic E-state index is 10.9. The molecule has 1 N–H and O–H groups in total. The first kappa shape index (κ1) is 5.16. The summed E-state index contributed by atoms with van der Waals surface area (Å²) in [6, 6.07) is 1.37. The van der Waals surface area contributed by atoms with Crippen molar-refractivity contribution in [3.05, 3.63) is 28.8 Å². The summed E-state index contributed by atoms with van der Waals surface area (Å²) >= 11 is 0. The van der Waals surface area contributed by atoms with Gasteiger partial charge in [0.25, 0.3) is 5.56 Å². The van der Waals surface area contributed by atoms with Gasteiger partial charge in [-0.1, -0.05) is 0 Å². The molecular weight excluding hydrogens is 132 g/mol. The molecule has 50 valence electrons. The third kappa shape index (κ3) is 0.540. The molecule has 0 aliphatic carbocycles. The Morgan fingerprint density at radius 1 is 1.60 bits per heavy atom. The fourth-order valence-corrected chi connectivity index (χ4v) is 0.758. The van der Waals surface area contributed by atoms with Gasteiger partial charge in [-0.15, -0.1) is 0 Å². The van der Waals surface area contributed by atoms with Gasteiger partial charge in [-0.2, -0.15) is 9.61 Å². The van der Waals surface area contributed by atoms with E-state index < -0.39 is 0 Å². The lowest BCUT2D eigenvalue weighted by molar-refractivity contribution is 0.820. The molecule has 10 heavy (non-hydrogen) atoms. The van der Waals surface area contributed by atoms with Crippen LogP contribution in [-0.2, 0) is 0 Å². The molecule has 0 aliphatic heterocycles. The van der Waals surface area contributed by atoms with Gasteiger partial charge in [-0.05, 0) is 0 Å². The van der Waals surface area contributed by atoms with E-state index in [2.05, 4.69) is 15.3 Å². The number of fused-ring (bicyclic) bond motifs is 1. The minimum absolute atomic E-state index is 0.150. The zero-order chi connectivity index (χ0) is 6.97. The van der Waals surface area contributed by atoms with Crippen molar-refractivity contribution in [1.82, 2.24) is 19.8 Å². The van der Waals surface area contributed by atoms with E-state index in [9.17, 15) is 4.79 Å². The maximum Gasteiger partial charge on any atom is 0.273 e. The third-order valence-corrected chi connectivity index (χ3v) is 1.21. The van der Waals surface area contributed by atoms with Crippen molar-refractivity contribution in [3.8, 4) is 0 Å². The normalized spacial score (nSPS) is 10.4. The molecule has 0 radical (unpaired) electrons. The molecule has 5 nitrogen and oxygen atoms in total. The molecule has 2 rings (SSSR count). The van der Waals surface area contributed by atoms with Gasteiger partial charge in [0.1, 0.15) is 0 Å². The zero-order valence-electron chi connectivity index (χ0n) is 4.98. The number of rotatable bonds is 0. The number of hydrogen-bond donors (Lipinski definition) is 1.